The van der Waals surface area contributed by atoms with Crippen LogP contribution in [0.2, 0.25) is 0 Å². The lowest BCUT2D eigenvalue weighted by Crippen LogP contribution is -2.23. The zero-order chi connectivity index (χ0) is 14.2. The molecule has 1 N–H and O–H groups in total. The maximum absolute atomic E-state index is 3.74. The van der Waals surface area contributed by atoms with Gasteiger partial charge < -0.3 is 5.32 Å². The second-order valence-corrected chi connectivity index (χ2v) is 6.63. The molecule has 1 nitrogen and oxygen atoms in total. The largest absolute Gasteiger partial charge is 0.310 e. The van der Waals surface area contributed by atoms with Gasteiger partial charge in [-0.3, -0.25) is 0 Å². The smallest absolute Gasteiger partial charge is 0.0320 e. The molecule has 1 heteroatoms. The van der Waals surface area contributed by atoms with Crippen LogP contribution in [-0.4, -0.2) is 6.54 Å². The highest BCUT2D eigenvalue weighted by atomic mass is 14.9. The minimum atomic E-state index is 0.549. The summed E-state index contributed by atoms with van der Waals surface area (Å²) in [7, 11) is 0. The van der Waals surface area contributed by atoms with E-state index in [0.29, 0.717) is 6.04 Å². The molecular formula is C19H31N. The molecule has 112 valence electrons. The van der Waals surface area contributed by atoms with Gasteiger partial charge in [-0.25, -0.2) is 0 Å². The van der Waals surface area contributed by atoms with Gasteiger partial charge in [-0.05, 0) is 49.6 Å². The molecule has 0 amide bonds. The van der Waals surface area contributed by atoms with E-state index in [9.17, 15) is 0 Å². The Morgan fingerprint density at radius 2 is 2.00 bits per heavy atom. The van der Waals surface area contributed by atoms with Crippen LogP contribution in [0.3, 0.4) is 0 Å². The molecule has 1 aromatic rings. The first-order valence-corrected chi connectivity index (χ1v) is 8.58. The van der Waals surface area contributed by atoms with E-state index < -0.39 is 0 Å². The van der Waals surface area contributed by atoms with E-state index in [1.807, 2.05) is 0 Å². The SMILES string of the molecule is CCCNC(CCC1CCCC(C)C1)c1ccccc1. The van der Waals surface area contributed by atoms with Gasteiger partial charge >= 0.3 is 0 Å². The Morgan fingerprint density at radius 1 is 1.20 bits per heavy atom. The monoisotopic (exact) mass is 273 g/mol. The van der Waals surface area contributed by atoms with E-state index in [-0.39, 0.29) is 0 Å². The summed E-state index contributed by atoms with van der Waals surface area (Å²) >= 11 is 0. The van der Waals surface area contributed by atoms with Gasteiger partial charge in [0.1, 0.15) is 0 Å². The van der Waals surface area contributed by atoms with E-state index in [1.165, 1.54) is 50.5 Å². The van der Waals surface area contributed by atoms with Crippen LogP contribution >= 0.6 is 0 Å². The van der Waals surface area contributed by atoms with Crippen LogP contribution in [0.4, 0.5) is 0 Å². The van der Waals surface area contributed by atoms with Crippen molar-refractivity contribution < 1.29 is 0 Å². The van der Waals surface area contributed by atoms with Crippen molar-refractivity contribution in [3.05, 3.63) is 35.9 Å². The lowest BCUT2D eigenvalue weighted by Gasteiger charge is -2.28. The van der Waals surface area contributed by atoms with Crippen molar-refractivity contribution in [3.8, 4) is 0 Å². The lowest BCUT2D eigenvalue weighted by atomic mass is 9.79. The van der Waals surface area contributed by atoms with Gasteiger partial charge in [-0.2, -0.15) is 0 Å². The number of benzene rings is 1. The van der Waals surface area contributed by atoms with Crippen LogP contribution in [0.25, 0.3) is 0 Å². The molecular weight excluding hydrogens is 242 g/mol. The van der Waals surface area contributed by atoms with Gasteiger partial charge in [0.2, 0.25) is 0 Å². The van der Waals surface area contributed by atoms with Crippen molar-refractivity contribution in [3.63, 3.8) is 0 Å². The molecule has 0 heterocycles. The predicted octanol–water partition coefficient (Wildman–Crippen LogP) is 5.33. The fourth-order valence-electron chi connectivity index (χ4n) is 3.61. The molecule has 0 radical (unpaired) electrons. The van der Waals surface area contributed by atoms with E-state index in [2.05, 4.69) is 49.5 Å². The van der Waals surface area contributed by atoms with Gasteiger partial charge in [0.25, 0.3) is 0 Å². The van der Waals surface area contributed by atoms with Crippen molar-refractivity contribution in [2.45, 2.75) is 64.8 Å². The van der Waals surface area contributed by atoms with Crippen molar-refractivity contribution in [2.75, 3.05) is 6.54 Å². The Morgan fingerprint density at radius 3 is 2.70 bits per heavy atom. The number of nitrogens with one attached hydrogen (secondary N) is 1. The van der Waals surface area contributed by atoms with Crippen LogP contribution in [0.1, 0.15) is 70.4 Å². The summed E-state index contributed by atoms with van der Waals surface area (Å²) in [6.45, 7) is 5.80. The van der Waals surface area contributed by atoms with Gasteiger partial charge in [0.05, 0.1) is 0 Å². The van der Waals surface area contributed by atoms with Gasteiger partial charge in [0, 0.05) is 6.04 Å². The van der Waals surface area contributed by atoms with E-state index in [0.717, 1.165) is 18.4 Å². The van der Waals surface area contributed by atoms with Gasteiger partial charge in [-0.15, -0.1) is 0 Å². The molecule has 1 aliphatic carbocycles. The second kappa shape index (κ2) is 8.46. The van der Waals surface area contributed by atoms with Crippen molar-refractivity contribution in [1.82, 2.24) is 5.32 Å². The highest BCUT2D eigenvalue weighted by Crippen LogP contribution is 2.33. The molecule has 1 aliphatic rings. The third kappa shape index (κ3) is 4.94. The fourth-order valence-corrected chi connectivity index (χ4v) is 3.61. The van der Waals surface area contributed by atoms with Gasteiger partial charge in [0.15, 0.2) is 0 Å². The third-order valence-electron chi connectivity index (χ3n) is 4.75. The summed E-state index contributed by atoms with van der Waals surface area (Å²) in [5.74, 6) is 1.92. The molecule has 0 spiro atoms. The Bertz CT molecular complexity index is 359. The Kier molecular flexibility index (Phi) is 6.59. The molecule has 1 fully saturated rings. The highest BCUT2D eigenvalue weighted by Gasteiger charge is 2.20. The first-order valence-electron chi connectivity index (χ1n) is 8.58. The van der Waals surface area contributed by atoms with Crippen LogP contribution in [-0.2, 0) is 0 Å². The summed E-state index contributed by atoms with van der Waals surface area (Å²) < 4.78 is 0. The van der Waals surface area contributed by atoms with Crippen LogP contribution < -0.4 is 5.32 Å². The van der Waals surface area contributed by atoms with Crippen molar-refractivity contribution in [2.24, 2.45) is 11.8 Å². The normalized spacial score (nSPS) is 24.5. The third-order valence-corrected chi connectivity index (χ3v) is 4.75. The quantitative estimate of drug-likeness (QED) is 0.707. The summed E-state index contributed by atoms with van der Waals surface area (Å²) in [4.78, 5) is 0. The first kappa shape index (κ1) is 15.6. The number of hydrogen-bond donors (Lipinski definition) is 1. The minimum Gasteiger partial charge on any atom is -0.310 e. The summed E-state index contributed by atoms with van der Waals surface area (Å²) in [5.41, 5.74) is 1.46. The Balaban J connectivity index is 1.87. The predicted molar refractivity (Wildman–Crippen MR) is 87.8 cm³/mol. The highest BCUT2D eigenvalue weighted by molar-refractivity contribution is 5.18. The molecule has 1 aromatic carbocycles. The summed E-state index contributed by atoms with van der Waals surface area (Å²) in [6.07, 6.45) is 9.71. The molecule has 1 saturated carbocycles. The fraction of sp³-hybridized carbons (Fsp3) is 0.684. The van der Waals surface area contributed by atoms with Crippen molar-refractivity contribution in [1.29, 1.82) is 0 Å². The summed E-state index contributed by atoms with van der Waals surface area (Å²) in [6, 6.07) is 11.5. The maximum atomic E-state index is 3.74. The van der Waals surface area contributed by atoms with Crippen LogP contribution in [0, 0.1) is 11.8 Å². The van der Waals surface area contributed by atoms with E-state index in [4.69, 9.17) is 0 Å². The molecule has 3 atom stereocenters. The molecule has 0 bridgehead atoms. The topological polar surface area (TPSA) is 12.0 Å². The zero-order valence-electron chi connectivity index (χ0n) is 13.3. The summed E-state index contributed by atoms with van der Waals surface area (Å²) in [5, 5.41) is 3.74. The van der Waals surface area contributed by atoms with Crippen LogP contribution in [0.5, 0.6) is 0 Å². The Labute approximate surface area is 125 Å². The standard InChI is InChI=1S/C19H31N/c1-3-14-20-19(18-10-5-4-6-11-18)13-12-17-9-7-8-16(2)15-17/h4-6,10-11,16-17,19-20H,3,7-9,12-15H2,1-2H3. The minimum absolute atomic E-state index is 0.549. The zero-order valence-corrected chi connectivity index (χ0v) is 13.3. The average molecular weight is 273 g/mol. The van der Waals surface area contributed by atoms with Crippen molar-refractivity contribution >= 4 is 0 Å². The van der Waals surface area contributed by atoms with E-state index in [1.54, 1.807) is 0 Å². The molecule has 0 aliphatic heterocycles. The first-order chi connectivity index (χ1) is 9.79. The Hall–Kier alpha value is -0.820. The second-order valence-electron chi connectivity index (χ2n) is 6.63. The number of hydrogen-bond acceptors (Lipinski definition) is 1. The average Bonchev–Trinajstić information content (AvgIpc) is 2.48. The molecule has 0 aromatic heterocycles. The molecule has 0 saturated heterocycles. The lowest BCUT2D eigenvalue weighted by molar-refractivity contribution is 0.257. The number of rotatable bonds is 7. The maximum Gasteiger partial charge on any atom is 0.0320 e. The molecule has 3 unspecified atom stereocenters. The molecule has 2 rings (SSSR count). The molecule has 20 heavy (non-hydrogen) atoms. The van der Waals surface area contributed by atoms with E-state index >= 15 is 0 Å². The van der Waals surface area contributed by atoms with Gasteiger partial charge in [-0.1, -0.05) is 63.4 Å². The van der Waals surface area contributed by atoms with Crippen LogP contribution in [0.15, 0.2) is 30.3 Å².